The van der Waals surface area contributed by atoms with E-state index in [-0.39, 0.29) is 0 Å². The van der Waals surface area contributed by atoms with Crippen molar-refractivity contribution in [2.45, 2.75) is 31.7 Å². The number of likely N-dealkylation sites (tertiary alicyclic amines) is 1. The first-order chi connectivity index (χ1) is 7.27. The van der Waals surface area contributed by atoms with Crippen LogP contribution in [0.1, 0.15) is 25.7 Å². The summed E-state index contributed by atoms with van der Waals surface area (Å²) < 4.78 is 0. The van der Waals surface area contributed by atoms with Crippen LogP contribution in [0.3, 0.4) is 0 Å². The molecule has 0 radical (unpaired) electrons. The normalized spacial score (nSPS) is 32.8. The van der Waals surface area contributed by atoms with Gasteiger partial charge in [0.25, 0.3) is 0 Å². The van der Waals surface area contributed by atoms with E-state index in [2.05, 4.69) is 17.3 Å². The smallest absolute Gasteiger partial charge is 0.0109 e. The molecule has 0 amide bonds. The van der Waals surface area contributed by atoms with Gasteiger partial charge in [-0.25, -0.2) is 0 Å². The highest BCUT2D eigenvalue weighted by Gasteiger charge is 2.29. The third kappa shape index (κ3) is 2.92. The molecule has 2 aliphatic rings. The molecular weight excluding hydrogens is 186 g/mol. The van der Waals surface area contributed by atoms with Crippen LogP contribution < -0.4 is 11.1 Å². The molecule has 2 heterocycles. The lowest BCUT2D eigenvalue weighted by molar-refractivity contribution is 0.162. The second-order valence-electron chi connectivity index (χ2n) is 5.32. The molecule has 2 aliphatic heterocycles. The van der Waals surface area contributed by atoms with Crippen molar-refractivity contribution in [2.75, 3.05) is 33.2 Å². The van der Waals surface area contributed by atoms with E-state index in [1.54, 1.807) is 0 Å². The Morgan fingerprint density at radius 3 is 2.53 bits per heavy atom. The highest BCUT2D eigenvalue weighted by molar-refractivity contribution is 4.86. The van der Waals surface area contributed by atoms with E-state index >= 15 is 0 Å². The lowest BCUT2D eigenvalue weighted by Crippen LogP contribution is -2.48. The first-order valence-corrected chi connectivity index (χ1v) is 6.42. The van der Waals surface area contributed by atoms with Gasteiger partial charge in [-0.15, -0.1) is 0 Å². The molecule has 88 valence electrons. The average molecular weight is 211 g/mol. The summed E-state index contributed by atoms with van der Waals surface area (Å²) in [6.07, 6.45) is 5.24. The van der Waals surface area contributed by atoms with Gasteiger partial charge in [-0.05, 0) is 70.7 Å². The average Bonchev–Trinajstić information content (AvgIpc) is 2.30. The molecule has 3 nitrogen and oxygen atoms in total. The van der Waals surface area contributed by atoms with Crippen molar-refractivity contribution in [3.8, 4) is 0 Å². The van der Waals surface area contributed by atoms with Gasteiger partial charge in [0.15, 0.2) is 0 Å². The largest absolute Gasteiger partial charge is 0.327 e. The predicted molar refractivity (Wildman–Crippen MR) is 63.8 cm³/mol. The Kier molecular flexibility index (Phi) is 4.00. The minimum atomic E-state index is 0.437. The van der Waals surface area contributed by atoms with Crippen molar-refractivity contribution in [3.63, 3.8) is 0 Å². The summed E-state index contributed by atoms with van der Waals surface area (Å²) in [6.45, 7) is 4.81. The van der Waals surface area contributed by atoms with Crippen LogP contribution in [0.4, 0.5) is 0 Å². The Hall–Kier alpha value is -0.120. The first-order valence-electron chi connectivity index (χ1n) is 6.42. The molecule has 2 fully saturated rings. The molecule has 2 atom stereocenters. The molecule has 2 rings (SSSR count). The van der Waals surface area contributed by atoms with Crippen molar-refractivity contribution in [3.05, 3.63) is 0 Å². The zero-order valence-electron chi connectivity index (χ0n) is 9.91. The first kappa shape index (κ1) is 11.4. The van der Waals surface area contributed by atoms with Gasteiger partial charge >= 0.3 is 0 Å². The lowest BCUT2D eigenvalue weighted by Gasteiger charge is -2.37. The van der Waals surface area contributed by atoms with E-state index in [9.17, 15) is 0 Å². The maximum absolute atomic E-state index is 6.41. The van der Waals surface area contributed by atoms with Crippen LogP contribution in [0.25, 0.3) is 0 Å². The van der Waals surface area contributed by atoms with Crippen LogP contribution in [0.15, 0.2) is 0 Å². The number of hydrogen-bond donors (Lipinski definition) is 2. The zero-order chi connectivity index (χ0) is 10.7. The Labute approximate surface area is 93.4 Å². The van der Waals surface area contributed by atoms with E-state index in [1.165, 1.54) is 45.3 Å². The van der Waals surface area contributed by atoms with Crippen LogP contribution in [-0.4, -0.2) is 44.2 Å². The van der Waals surface area contributed by atoms with Gasteiger partial charge in [0, 0.05) is 6.04 Å². The monoisotopic (exact) mass is 211 g/mol. The van der Waals surface area contributed by atoms with Gasteiger partial charge in [-0.3, -0.25) is 0 Å². The molecule has 0 aromatic carbocycles. The minimum Gasteiger partial charge on any atom is -0.327 e. The number of nitrogens with one attached hydrogen (secondary N) is 1. The fourth-order valence-corrected chi connectivity index (χ4v) is 3.01. The maximum atomic E-state index is 6.41. The Balaban J connectivity index is 1.81. The topological polar surface area (TPSA) is 41.3 Å². The summed E-state index contributed by atoms with van der Waals surface area (Å²) in [4.78, 5) is 2.42. The molecule has 2 saturated heterocycles. The molecule has 0 spiro atoms. The molecule has 2 unspecified atom stereocenters. The maximum Gasteiger partial charge on any atom is 0.0109 e. The zero-order valence-corrected chi connectivity index (χ0v) is 9.91. The van der Waals surface area contributed by atoms with Crippen LogP contribution >= 0.6 is 0 Å². The summed E-state index contributed by atoms with van der Waals surface area (Å²) in [5, 5.41) is 3.47. The number of hydrogen-bond acceptors (Lipinski definition) is 3. The molecule has 0 aliphatic carbocycles. The number of nitrogens with zero attached hydrogens (tertiary/aromatic N) is 1. The lowest BCUT2D eigenvalue weighted by atomic mass is 9.80. The van der Waals surface area contributed by atoms with Crippen LogP contribution in [0, 0.1) is 11.8 Å². The van der Waals surface area contributed by atoms with E-state index in [1.807, 2.05) is 0 Å². The van der Waals surface area contributed by atoms with E-state index in [0.717, 1.165) is 18.4 Å². The summed E-state index contributed by atoms with van der Waals surface area (Å²) in [5.74, 6) is 1.50. The number of rotatable bonds is 2. The molecule has 0 aromatic rings. The van der Waals surface area contributed by atoms with Crippen molar-refractivity contribution in [1.29, 1.82) is 0 Å². The number of nitrogens with two attached hydrogens (primary N) is 1. The molecule has 3 heteroatoms. The van der Waals surface area contributed by atoms with Crippen LogP contribution in [0.2, 0.25) is 0 Å². The predicted octanol–water partition coefficient (Wildman–Crippen LogP) is 0.655. The van der Waals surface area contributed by atoms with Crippen molar-refractivity contribution >= 4 is 0 Å². The van der Waals surface area contributed by atoms with Crippen molar-refractivity contribution in [1.82, 2.24) is 10.2 Å². The SMILES string of the molecule is CN1CCC(C(N)C2CCCNC2)CC1. The second-order valence-corrected chi connectivity index (χ2v) is 5.32. The Morgan fingerprint density at radius 1 is 1.20 bits per heavy atom. The molecular formula is C12H25N3. The molecule has 0 saturated carbocycles. The van der Waals surface area contributed by atoms with E-state index < -0.39 is 0 Å². The van der Waals surface area contributed by atoms with Crippen molar-refractivity contribution < 1.29 is 0 Å². The summed E-state index contributed by atoms with van der Waals surface area (Å²) >= 11 is 0. The molecule has 15 heavy (non-hydrogen) atoms. The Bertz CT molecular complexity index is 181. The van der Waals surface area contributed by atoms with Crippen LogP contribution in [-0.2, 0) is 0 Å². The van der Waals surface area contributed by atoms with Gasteiger partial charge in [0.1, 0.15) is 0 Å². The highest BCUT2D eigenvalue weighted by atomic mass is 15.1. The molecule has 0 bridgehead atoms. The van der Waals surface area contributed by atoms with Gasteiger partial charge in [0.2, 0.25) is 0 Å². The fraction of sp³-hybridized carbons (Fsp3) is 1.00. The summed E-state index contributed by atoms with van der Waals surface area (Å²) in [5.41, 5.74) is 6.41. The van der Waals surface area contributed by atoms with E-state index in [0.29, 0.717) is 6.04 Å². The van der Waals surface area contributed by atoms with Crippen molar-refractivity contribution in [2.24, 2.45) is 17.6 Å². The highest BCUT2D eigenvalue weighted by Crippen LogP contribution is 2.26. The van der Waals surface area contributed by atoms with E-state index in [4.69, 9.17) is 5.73 Å². The second kappa shape index (κ2) is 5.28. The summed E-state index contributed by atoms with van der Waals surface area (Å²) in [6, 6.07) is 0.437. The third-order valence-corrected chi connectivity index (χ3v) is 4.19. The quantitative estimate of drug-likeness (QED) is 0.705. The van der Waals surface area contributed by atoms with Crippen LogP contribution in [0.5, 0.6) is 0 Å². The van der Waals surface area contributed by atoms with Gasteiger partial charge in [-0.1, -0.05) is 0 Å². The molecule has 0 aromatic heterocycles. The summed E-state index contributed by atoms with van der Waals surface area (Å²) in [7, 11) is 2.21. The molecule has 3 N–H and O–H groups in total. The fourth-order valence-electron chi connectivity index (χ4n) is 3.01. The minimum absolute atomic E-state index is 0.437. The van der Waals surface area contributed by atoms with Gasteiger partial charge in [-0.2, -0.15) is 0 Å². The Morgan fingerprint density at radius 2 is 1.93 bits per heavy atom. The number of piperidine rings is 2. The van der Waals surface area contributed by atoms with Gasteiger partial charge < -0.3 is 16.0 Å². The standard InChI is InChI=1S/C12H25N3/c1-15-7-4-10(5-8-15)12(13)11-3-2-6-14-9-11/h10-12,14H,2-9,13H2,1H3. The third-order valence-electron chi connectivity index (χ3n) is 4.19. The van der Waals surface area contributed by atoms with Gasteiger partial charge in [0.05, 0.1) is 0 Å².